The van der Waals surface area contributed by atoms with Gasteiger partial charge in [-0.15, -0.1) is 0 Å². The highest BCUT2D eigenvalue weighted by Gasteiger charge is 2.07. The van der Waals surface area contributed by atoms with Crippen LogP contribution in [0, 0.1) is 6.92 Å². The molecular weight excluding hydrogens is 352 g/mol. The molecule has 0 spiro atoms. The monoisotopic (exact) mass is 380 g/mol. The number of rotatable bonds is 9. The highest BCUT2D eigenvalue weighted by atomic mass is 16.3. The first kappa shape index (κ1) is 19.7. The van der Waals surface area contributed by atoms with Gasteiger partial charge in [0.1, 0.15) is 6.26 Å². The second-order valence-electron chi connectivity index (χ2n) is 6.57. The fourth-order valence-corrected chi connectivity index (χ4v) is 2.76. The van der Waals surface area contributed by atoms with E-state index in [0.29, 0.717) is 5.89 Å². The number of oxazole rings is 1. The van der Waals surface area contributed by atoms with Crippen LogP contribution in [0.15, 0.2) is 58.4 Å². The highest BCUT2D eigenvalue weighted by Crippen LogP contribution is 2.19. The summed E-state index contributed by atoms with van der Waals surface area (Å²) in [6.45, 7) is 7.31. The van der Waals surface area contributed by atoms with Crippen molar-refractivity contribution in [1.82, 2.24) is 25.4 Å². The van der Waals surface area contributed by atoms with E-state index in [9.17, 15) is 0 Å². The number of aryl methyl sites for hydroxylation is 2. The van der Waals surface area contributed by atoms with Crippen LogP contribution in [0.1, 0.15) is 24.6 Å². The molecule has 0 aliphatic rings. The Morgan fingerprint density at radius 2 is 2.07 bits per heavy atom. The van der Waals surface area contributed by atoms with E-state index in [4.69, 9.17) is 4.42 Å². The van der Waals surface area contributed by atoms with Gasteiger partial charge in [0.2, 0.25) is 5.89 Å². The van der Waals surface area contributed by atoms with Crippen LogP contribution in [0.3, 0.4) is 0 Å². The third-order valence-electron chi connectivity index (χ3n) is 4.24. The lowest BCUT2D eigenvalue weighted by atomic mass is 10.1. The number of hydrogen-bond donors (Lipinski definition) is 2. The predicted octanol–water partition coefficient (Wildman–Crippen LogP) is 3.03. The van der Waals surface area contributed by atoms with Crippen molar-refractivity contribution in [2.45, 2.75) is 33.2 Å². The average Bonchev–Trinajstić information content (AvgIpc) is 3.38. The Bertz CT molecular complexity index is 851. The number of aliphatic imine (C=N–C) groups is 1. The van der Waals surface area contributed by atoms with Gasteiger partial charge in [-0.25, -0.2) is 4.98 Å². The van der Waals surface area contributed by atoms with Crippen molar-refractivity contribution >= 4 is 5.96 Å². The summed E-state index contributed by atoms with van der Waals surface area (Å²) in [6, 6.07) is 10.1. The molecule has 0 atom stereocenters. The largest absolute Gasteiger partial charge is 0.444 e. The molecule has 7 nitrogen and oxygen atoms in total. The molecule has 3 rings (SSSR count). The third-order valence-corrected chi connectivity index (χ3v) is 4.24. The number of nitrogens with one attached hydrogen (secondary N) is 2. The van der Waals surface area contributed by atoms with Crippen LogP contribution in [0.2, 0.25) is 0 Å². The van der Waals surface area contributed by atoms with Gasteiger partial charge in [0.15, 0.2) is 5.96 Å². The molecule has 0 unspecified atom stereocenters. The normalized spacial score (nSPS) is 11.6. The van der Waals surface area contributed by atoms with Gasteiger partial charge in [0.25, 0.3) is 0 Å². The first-order chi connectivity index (χ1) is 13.7. The minimum absolute atomic E-state index is 0.661. The van der Waals surface area contributed by atoms with Crippen LogP contribution in [0.4, 0.5) is 0 Å². The minimum atomic E-state index is 0.661. The van der Waals surface area contributed by atoms with E-state index in [1.807, 2.05) is 29.1 Å². The van der Waals surface area contributed by atoms with Crippen molar-refractivity contribution in [2.24, 2.45) is 4.99 Å². The van der Waals surface area contributed by atoms with E-state index in [2.05, 4.69) is 51.7 Å². The third kappa shape index (κ3) is 5.97. The summed E-state index contributed by atoms with van der Waals surface area (Å²) in [7, 11) is 0. The Balaban J connectivity index is 1.44. The van der Waals surface area contributed by atoms with E-state index in [0.717, 1.165) is 56.2 Å². The van der Waals surface area contributed by atoms with Gasteiger partial charge in [-0.1, -0.05) is 17.7 Å². The van der Waals surface area contributed by atoms with Crippen molar-refractivity contribution in [3.05, 3.63) is 60.2 Å². The van der Waals surface area contributed by atoms with Crippen molar-refractivity contribution in [3.8, 4) is 11.5 Å². The average molecular weight is 380 g/mol. The van der Waals surface area contributed by atoms with Crippen LogP contribution < -0.4 is 10.6 Å². The number of hydrogen-bond acceptors (Lipinski definition) is 4. The Morgan fingerprint density at radius 1 is 1.21 bits per heavy atom. The molecule has 28 heavy (non-hydrogen) atoms. The summed E-state index contributed by atoms with van der Waals surface area (Å²) in [4.78, 5) is 9.19. The van der Waals surface area contributed by atoms with E-state index in [1.54, 1.807) is 12.5 Å². The molecule has 1 aromatic carbocycles. The number of benzene rings is 1. The first-order valence-corrected chi connectivity index (χ1v) is 9.75. The van der Waals surface area contributed by atoms with Crippen LogP contribution in [-0.4, -0.2) is 40.4 Å². The van der Waals surface area contributed by atoms with Crippen molar-refractivity contribution in [2.75, 3.05) is 19.6 Å². The zero-order chi connectivity index (χ0) is 19.6. The lowest BCUT2D eigenvalue weighted by Gasteiger charge is -2.10. The van der Waals surface area contributed by atoms with E-state index in [1.165, 1.54) is 5.56 Å². The van der Waals surface area contributed by atoms with E-state index in [-0.39, 0.29) is 0 Å². The number of nitrogens with zero attached hydrogens (tertiary/aromatic N) is 4. The number of aromatic nitrogens is 3. The zero-order valence-electron chi connectivity index (χ0n) is 16.6. The maximum Gasteiger partial charge on any atom is 0.226 e. The Hall–Kier alpha value is -3.09. The topological polar surface area (TPSA) is 80.3 Å². The second-order valence-corrected chi connectivity index (χ2v) is 6.57. The van der Waals surface area contributed by atoms with Crippen LogP contribution >= 0.6 is 0 Å². The quantitative estimate of drug-likeness (QED) is 0.339. The maximum atomic E-state index is 5.62. The SMILES string of the molecule is CCNC(=NCCCn1cccn1)NCCc1coc(-c2ccc(C)cc2)n1. The van der Waals surface area contributed by atoms with Gasteiger partial charge < -0.3 is 15.1 Å². The molecule has 0 fully saturated rings. The molecule has 148 valence electrons. The summed E-state index contributed by atoms with van der Waals surface area (Å²) < 4.78 is 7.54. The summed E-state index contributed by atoms with van der Waals surface area (Å²) in [6.07, 6.45) is 7.21. The molecule has 7 heteroatoms. The zero-order valence-corrected chi connectivity index (χ0v) is 16.6. The Labute approximate surface area is 165 Å². The molecule has 0 amide bonds. The van der Waals surface area contributed by atoms with Crippen molar-refractivity contribution in [1.29, 1.82) is 0 Å². The lowest BCUT2D eigenvalue weighted by molar-refractivity contribution is 0.572. The lowest BCUT2D eigenvalue weighted by Crippen LogP contribution is -2.38. The molecule has 2 aromatic heterocycles. The Morgan fingerprint density at radius 3 is 2.82 bits per heavy atom. The summed E-state index contributed by atoms with van der Waals surface area (Å²) in [5.74, 6) is 1.49. The smallest absolute Gasteiger partial charge is 0.226 e. The molecular formula is C21H28N6O. The van der Waals surface area contributed by atoms with Gasteiger partial charge in [0, 0.05) is 50.6 Å². The fourth-order valence-electron chi connectivity index (χ4n) is 2.76. The maximum absolute atomic E-state index is 5.62. The molecule has 0 bridgehead atoms. The molecule has 0 saturated carbocycles. The van der Waals surface area contributed by atoms with Gasteiger partial charge in [-0.2, -0.15) is 5.10 Å². The van der Waals surface area contributed by atoms with Gasteiger partial charge in [0.05, 0.1) is 5.69 Å². The molecule has 0 radical (unpaired) electrons. The Kier molecular flexibility index (Phi) is 7.23. The fraction of sp³-hybridized carbons (Fsp3) is 0.381. The van der Waals surface area contributed by atoms with Gasteiger partial charge in [-0.3, -0.25) is 9.67 Å². The van der Waals surface area contributed by atoms with Crippen molar-refractivity contribution < 1.29 is 4.42 Å². The molecule has 0 aliphatic heterocycles. The van der Waals surface area contributed by atoms with Crippen molar-refractivity contribution in [3.63, 3.8) is 0 Å². The molecule has 3 aromatic rings. The van der Waals surface area contributed by atoms with Crippen LogP contribution in [0.25, 0.3) is 11.5 Å². The van der Waals surface area contributed by atoms with Gasteiger partial charge in [-0.05, 0) is 38.5 Å². The summed E-state index contributed by atoms with van der Waals surface area (Å²) in [5.41, 5.74) is 3.15. The molecule has 2 heterocycles. The van der Waals surface area contributed by atoms with Crippen LogP contribution in [0.5, 0.6) is 0 Å². The summed E-state index contributed by atoms with van der Waals surface area (Å²) in [5, 5.41) is 10.8. The molecule has 0 aliphatic carbocycles. The van der Waals surface area contributed by atoms with Gasteiger partial charge >= 0.3 is 0 Å². The number of guanidine groups is 1. The van der Waals surface area contributed by atoms with E-state index < -0.39 is 0 Å². The molecule has 0 saturated heterocycles. The molecule has 2 N–H and O–H groups in total. The second kappa shape index (κ2) is 10.3. The highest BCUT2D eigenvalue weighted by molar-refractivity contribution is 5.79. The summed E-state index contributed by atoms with van der Waals surface area (Å²) >= 11 is 0. The first-order valence-electron chi connectivity index (χ1n) is 9.75. The van der Waals surface area contributed by atoms with E-state index >= 15 is 0 Å². The minimum Gasteiger partial charge on any atom is -0.444 e. The van der Waals surface area contributed by atoms with Crippen LogP contribution in [-0.2, 0) is 13.0 Å². The standard InChI is InChI=1S/C21H28N6O/c1-3-22-21(23-11-4-14-27-15-5-12-25-27)24-13-10-19-16-28-20(26-19)18-8-6-17(2)7-9-18/h5-9,12,15-16H,3-4,10-11,13-14H2,1-2H3,(H2,22,23,24). The predicted molar refractivity (Wildman–Crippen MR) is 111 cm³/mol.